The SMILES string of the molecule is CC(=O)N1CCN(C(=O)CCC(=O)NCCc2ccc(Cl)cc2Cl)CC1. The van der Waals surface area contributed by atoms with Gasteiger partial charge in [-0.3, -0.25) is 14.4 Å². The van der Waals surface area contributed by atoms with Gasteiger partial charge in [0, 0.05) is 62.5 Å². The summed E-state index contributed by atoms with van der Waals surface area (Å²) in [6, 6.07) is 5.26. The molecule has 2 rings (SSSR count). The van der Waals surface area contributed by atoms with Gasteiger partial charge in [0.1, 0.15) is 0 Å². The highest BCUT2D eigenvalue weighted by Crippen LogP contribution is 2.21. The lowest BCUT2D eigenvalue weighted by atomic mass is 10.1. The van der Waals surface area contributed by atoms with Crippen LogP contribution in [0.25, 0.3) is 0 Å². The molecule has 1 heterocycles. The zero-order valence-corrected chi connectivity index (χ0v) is 16.3. The van der Waals surface area contributed by atoms with Crippen molar-refractivity contribution in [3.8, 4) is 0 Å². The highest BCUT2D eigenvalue weighted by molar-refractivity contribution is 6.35. The van der Waals surface area contributed by atoms with Crippen molar-refractivity contribution in [2.45, 2.75) is 26.2 Å². The molecule has 1 aliphatic rings. The van der Waals surface area contributed by atoms with E-state index >= 15 is 0 Å². The van der Waals surface area contributed by atoms with Crippen LogP contribution in [0.4, 0.5) is 0 Å². The number of benzene rings is 1. The summed E-state index contributed by atoms with van der Waals surface area (Å²) in [5.74, 6) is -0.188. The minimum Gasteiger partial charge on any atom is -0.356 e. The van der Waals surface area contributed by atoms with Crippen molar-refractivity contribution >= 4 is 40.9 Å². The average Bonchev–Trinajstić information content (AvgIpc) is 2.61. The molecule has 0 bridgehead atoms. The van der Waals surface area contributed by atoms with Crippen LogP contribution >= 0.6 is 23.2 Å². The van der Waals surface area contributed by atoms with Crippen LogP contribution in [0, 0.1) is 0 Å². The second kappa shape index (κ2) is 9.78. The van der Waals surface area contributed by atoms with E-state index in [0.29, 0.717) is 49.2 Å². The molecule has 3 amide bonds. The molecule has 142 valence electrons. The van der Waals surface area contributed by atoms with E-state index in [1.165, 1.54) is 6.92 Å². The van der Waals surface area contributed by atoms with E-state index in [4.69, 9.17) is 23.2 Å². The van der Waals surface area contributed by atoms with Crippen LogP contribution in [-0.4, -0.2) is 60.2 Å². The lowest BCUT2D eigenvalue weighted by Crippen LogP contribution is -2.50. The maximum Gasteiger partial charge on any atom is 0.223 e. The van der Waals surface area contributed by atoms with Gasteiger partial charge >= 0.3 is 0 Å². The van der Waals surface area contributed by atoms with Gasteiger partial charge in [-0.25, -0.2) is 0 Å². The van der Waals surface area contributed by atoms with E-state index in [0.717, 1.165) is 5.56 Å². The Morgan fingerprint density at radius 3 is 2.31 bits per heavy atom. The van der Waals surface area contributed by atoms with Crippen LogP contribution < -0.4 is 5.32 Å². The molecule has 0 aliphatic carbocycles. The number of rotatable bonds is 6. The van der Waals surface area contributed by atoms with Gasteiger partial charge in [0.15, 0.2) is 0 Å². The number of carbonyl (C=O) groups excluding carboxylic acids is 3. The maximum absolute atomic E-state index is 12.2. The highest BCUT2D eigenvalue weighted by atomic mass is 35.5. The molecular weight excluding hydrogens is 377 g/mol. The van der Waals surface area contributed by atoms with Gasteiger partial charge in [0.25, 0.3) is 0 Å². The van der Waals surface area contributed by atoms with Gasteiger partial charge in [-0.15, -0.1) is 0 Å². The average molecular weight is 400 g/mol. The lowest BCUT2D eigenvalue weighted by molar-refractivity contribution is -0.139. The molecule has 1 aromatic carbocycles. The first-order chi connectivity index (χ1) is 12.4. The van der Waals surface area contributed by atoms with Crippen molar-refractivity contribution in [1.82, 2.24) is 15.1 Å². The van der Waals surface area contributed by atoms with Crippen molar-refractivity contribution in [2.75, 3.05) is 32.7 Å². The Morgan fingerprint density at radius 1 is 1.04 bits per heavy atom. The molecule has 0 atom stereocenters. The Morgan fingerprint density at radius 2 is 1.69 bits per heavy atom. The van der Waals surface area contributed by atoms with E-state index in [9.17, 15) is 14.4 Å². The summed E-state index contributed by atoms with van der Waals surface area (Å²) in [5.41, 5.74) is 0.913. The Bertz CT molecular complexity index is 674. The van der Waals surface area contributed by atoms with Crippen molar-refractivity contribution in [2.24, 2.45) is 0 Å². The minimum atomic E-state index is -0.161. The van der Waals surface area contributed by atoms with Gasteiger partial charge in [-0.05, 0) is 24.1 Å². The molecule has 1 aliphatic heterocycles. The number of nitrogens with zero attached hydrogens (tertiary/aromatic N) is 2. The zero-order chi connectivity index (χ0) is 19.1. The van der Waals surface area contributed by atoms with Crippen molar-refractivity contribution in [3.63, 3.8) is 0 Å². The number of hydrogen-bond donors (Lipinski definition) is 1. The van der Waals surface area contributed by atoms with E-state index in [1.54, 1.807) is 21.9 Å². The number of amides is 3. The van der Waals surface area contributed by atoms with Gasteiger partial charge in [0.05, 0.1) is 0 Å². The Balaban J connectivity index is 1.65. The molecule has 1 fully saturated rings. The standard InChI is InChI=1S/C18H23Cl2N3O3/c1-13(24)22-8-10-23(11-9-22)18(26)5-4-17(25)21-7-6-14-2-3-15(19)12-16(14)20/h2-3,12H,4-11H2,1H3,(H,21,25). The molecule has 8 heteroatoms. The number of halogens is 2. The molecule has 0 spiro atoms. The van der Waals surface area contributed by atoms with Gasteiger partial charge in [-0.2, -0.15) is 0 Å². The summed E-state index contributed by atoms with van der Waals surface area (Å²) in [6.07, 6.45) is 0.927. The number of nitrogens with one attached hydrogen (secondary N) is 1. The van der Waals surface area contributed by atoms with Crippen LogP contribution in [0.3, 0.4) is 0 Å². The predicted octanol–water partition coefficient (Wildman–Crippen LogP) is 2.12. The van der Waals surface area contributed by atoms with Crippen LogP contribution in [0.5, 0.6) is 0 Å². The van der Waals surface area contributed by atoms with E-state index in [2.05, 4.69) is 5.32 Å². The third kappa shape index (κ3) is 6.18. The Kier molecular flexibility index (Phi) is 7.72. The maximum atomic E-state index is 12.2. The molecular formula is C18H23Cl2N3O3. The summed E-state index contributed by atoms with van der Waals surface area (Å²) in [4.78, 5) is 38.8. The fourth-order valence-electron chi connectivity index (χ4n) is 2.80. The predicted molar refractivity (Wildman–Crippen MR) is 101 cm³/mol. The molecule has 0 unspecified atom stereocenters. The van der Waals surface area contributed by atoms with Crippen molar-refractivity contribution in [3.05, 3.63) is 33.8 Å². The first kappa shape index (κ1) is 20.5. The van der Waals surface area contributed by atoms with E-state index < -0.39 is 0 Å². The number of carbonyl (C=O) groups is 3. The van der Waals surface area contributed by atoms with E-state index in [-0.39, 0.29) is 30.6 Å². The van der Waals surface area contributed by atoms with Crippen LogP contribution in [0.15, 0.2) is 18.2 Å². The molecule has 26 heavy (non-hydrogen) atoms. The van der Waals surface area contributed by atoms with Crippen molar-refractivity contribution in [1.29, 1.82) is 0 Å². The van der Waals surface area contributed by atoms with Crippen LogP contribution in [0.1, 0.15) is 25.3 Å². The van der Waals surface area contributed by atoms with Gasteiger partial charge in [-0.1, -0.05) is 29.3 Å². The quantitative estimate of drug-likeness (QED) is 0.796. The second-order valence-electron chi connectivity index (χ2n) is 6.22. The van der Waals surface area contributed by atoms with Crippen molar-refractivity contribution < 1.29 is 14.4 Å². The summed E-state index contributed by atoms with van der Waals surface area (Å²) in [5, 5.41) is 3.95. The summed E-state index contributed by atoms with van der Waals surface area (Å²) in [6.45, 7) is 4.12. The molecule has 1 aromatic rings. The largest absolute Gasteiger partial charge is 0.356 e. The minimum absolute atomic E-state index is 0.0252. The van der Waals surface area contributed by atoms with Crippen LogP contribution in [-0.2, 0) is 20.8 Å². The first-order valence-electron chi connectivity index (χ1n) is 8.60. The molecule has 1 saturated heterocycles. The third-order valence-electron chi connectivity index (χ3n) is 4.38. The molecule has 0 saturated carbocycles. The number of hydrogen-bond acceptors (Lipinski definition) is 3. The summed E-state index contributed by atoms with van der Waals surface area (Å²) < 4.78 is 0. The fraction of sp³-hybridized carbons (Fsp3) is 0.500. The molecule has 0 aromatic heterocycles. The normalized spacial score (nSPS) is 14.3. The fourth-order valence-corrected chi connectivity index (χ4v) is 3.30. The second-order valence-corrected chi connectivity index (χ2v) is 7.07. The van der Waals surface area contributed by atoms with Crippen LogP contribution in [0.2, 0.25) is 10.0 Å². The van der Waals surface area contributed by atoms with Gasteiger partial charge in [0.2, 0.25) is 17.7 Å². The smallest absolute Gasteiger partial charge is 0.223 e. The van der Waals surface area contributed by atoms with Gasteiger partial charge < -0.3 is 15.1 Å². The zero-order valence-electron chi connectivity index (χ0n) is 14.8. The molecule has 1 N–H and O–H groups in total. The monoisotopic (exact) mass is 399 g/mol. The Hall–Kier alpha value is -1.79. The Labute approximate surface area is 163 Å². The molecule has 0 radical (unpaired) electrons. The highest BCUT2D eigenvalue weighted by Gasteiger charge is 2.22. The third-order valence-corrected chi connectivity index (χ3v) is 4.96. The number of piperazine rings is 1. The lowest BCUT2D eigenvalue weighted by Gasteiger charge is -2.34. The summed E-state index contributed by atoms with van der Waals surface area (Å²) >= 11 is 11.9. The summed E-state index contributed by atoms with van der Waals surface area (Å²) in [7, 11) is 0. The molecule has 6 nitrogen and oxygen atoms in total. The van der Waals surface area contributed by atoms with E-state index in [1.807, 2.05) is 6.07 Å². The first-order valence-corrected chi connectivity index (χ1v) is 9.36. The topological polar surface area (TPSA) is 69.7 Å².